The number of aromatic nitrogens is 1. The van der Waals surface area contributed by atoms with Gasteiger partial charge in [0.15, 0.2) is 0 Å². The van der Waals surface area contributed by atoms with E-state index in [1.807, 2.05) is 13.1 Å². The third kappa shape index (κ3) is 2.51. The Labute approximate surface area is 113 Å². The zero-order chi connectivity index (χ0) is 13.4. The summed E-state index contributed by atoms with van der Waals surface area (Å²) in [6, 6.07) is 7.18. The van der Waals surface area contributed by atoms with Gasteiger partial charge in [0.2, 0.25) is 0 Å². The molecule has 19 heavy (non-hydrogen) atoms. The molecule has 102 valence electrons. The molecule has 1 fully saturated rings. The topological polar surface area (TPSA) is 11.4 Å². The molecule has 1 aliphatic heterocycles. The van der Waals surface area contributed by atoms with Crippen LogP contribution in [-0.2, 0) is 13.6 Å². The lowest BCUT2D eigenvalue weighted by molar-refractivity contribution is 0.146. The van der Waals surface area contributed by atoms with E-state index < -0.39 is 0 Å². The fraction of sp³-hybridized carbons (Fsp3) is 0.467. The molecule has 3 nitrogen and oxygen atoms in total. The normalized spacial score (nSPS) is 18.3. The van der Waals surface area contributed by atoms with Crippen molar-refractivity contribution in [3.05, 3.63) is 35.8 Å². The van der Waals surface area contributed by atoms with Crippen molar-refractivity contribution >= 4 is 10.9 Å². The first kappa shape index (κ1) is 12.6. The molecule has 0 saturated carbocycles. The molecule has 3 rings (SSSR count). The number of aryl methyl sites for hydroxylation is 1. The van der Waals surface area contributed by atoms with Gasteiger partial charge >= 0.3 is 0 Å². The molecule has 2 aromatic rings. The highest BCUT2D eigenvalue weighted by Crippen LogP contribution is 2.21. The van der Waals surface area contributed by atoms with Gasteiger partial charge in [0.25, 0.3) is 0 Å². The molecule has 0 amide bonds. The fourth-order valence-electron chi connectivity index (χ4n) is 2.75. The van der Waals surface area contributed by atoms with Crippen LogP contribution < -0.4 is 0 Å². The van der Waals surface area contributed by atoms with Gasteiger partial charge in [-0.3, -0.25) is 4.90 Å². The molecule has 1 aliphatic rings. The Morgan fingerprint density at radius 3 is 2.53 bits per heavy atom. The molecule has 0 N–H and O–H groups in total. The van der Waals surface area contributed by atoms with Gasteiger partial charge < -0.3 is 9.47 Å². The van der Waals surface area contributed by atoms with Crippen LogP contribution in [0.3, 0.4) is 0 Å². The minimum absolute atomic E-state index is 0.167. The van der Waals surface area contributed by atoms with E-state index in [4.69, 9.17) is 0 Å². The largest absolute Gasteiger partial charge is 0.346 e. The second kappa shape index (κ2) is 4.94. The van der Waals surface area contributed by atoms with Crippen LogP contribution >= 0.6 is 0 Å². The van der Waals surface area contributed by atoms with Gasteiger partial charge in [-0.1, -0.05) is 0 Å². The summed E-state index contributed by atoms with van der Waals surface area (Å²) in [4.78, 5) is 4.82. The van der Waals surface area contributed by atoms with Crippen molar-refractivity contribution in [2.75, 3.05) is 33.2 Å². The van der Waals surface area contributed by atoms with E-state index in [2.05, 4.69) is 27.5 Å². The lowest BCUT2D eigenvalue weighted by Gasteiger charge is -2.32. The predicted octanol–water partition coefficient (Wildman–Crippen LogP) is 2.06. The predicted molar refractivity (Wildman–Crippen MR) is 75.7 cm³/mol. The average Bonchev–Trinajstić information content (AvgIpc) is 2.70. The zero-order valence-electron chi connectivity index (χ0n) is 11.6. The van der Waals surface area contributed by atoms with E-state index in [-0.39, 0.29) is 5.82 Å². The average molecular weight is 261 g/mol. The molecule has 1 aromatic heterocycles. The summed E-state index contributed by atoms with van der Waals surface area (Å²) in [7, 11) is 4.18. The summed E-state index contributed by atoms with van der Waals surface area (Å²) in [6.07, 6.45) is 0. The molecule has 2 heterocycles. The highest BCUT2D eigenvalue weighted by atomic mass is 19.1. The molecule has 0 unspecified atom stereocenters. The maximum atomic E-state index is 13.3. The molecule has 0 aliphatic carbocycles. The Morgan fingerprint density at radius 2 is 1.79 bits per heavy atom. The molecule has 0 radical (unpaired) electrons. The van der Waals surface area contributed by atoms with Crippen LogP contribution in [0.15, 0.2) is 24.3 Å². The Balaban J connectivity index is 1.83. The van der Waals surface area contributed by atoms with Crippen molar-refractivity contribution in [2.45, 2.75) is 6.54 Å². The van der Waals surface area contributed by atoms with Gasteiger partial charge in [-0.05, 0) is 31.3 Å². The highest BCUT2D eigenvalue weighted by Gasteiger charge is 2.16. The third-order valence-corrected chi connectivity index (χ3v) is 4.09. The van der Waals surface area contributed by atoms with Crippen molar-refractivity contribution in [1.82, 2.24) is 14.4 Å². The van der Waals surface area contributed by atoms with Crippen LogP contribution in [0.4, 0.5) is 4.39 Å². The van der Waals surface area contributed by atoms with E-state index >= 15 is 0 Å². The maximum Gasteiger partial charge on any atom is 0.125 e. The number of rotatable bonds is 2. The number of halogens is 1. The Kier molecular flexibility index (Phi) is 3.29. The fourth-order valence-corrected chi connectivity index (χ4v) is 2.75. The monoisotopic (exact) mass is 261 g/mol. The molecule has 0 spiro atoms. The zero-order valence-corrected chi connectivity index (χ0v) is 11.6. The van der Waals surface area contributed by atoms with E-state index in [1.54, 1.807) is 6.07 Å². The SMILES string of the molecule is CN1CCN(Cc2cc3ccc(F)cc3n2C)CC1. The summed E-state index contributed by atoms with van der Waals surface area (Å²) in [5, 5.41) is 1.12. The van der Waals surface area contributed by atoms with Crippen LogP contribution in [0.1, 0.15) is 5.69 Å². The van der Waals surface area contributed by atoms with Crippen LogP contribution in [-0.4, -0.2) is 47.6 Å². The van der Waals surface area contributed by atoms with Crippen LogP contribution in [0, 0.1) is 5.82 Å². The first-order valence-electron chi connectivity index (χ1n) is 6.78. The highest BCUT2D eigenvalue weighted by molar-refractivity contribution is 5.81. The third-order valence-electron chi connectivity index (χ3n) is 4.09. The number of likely N-dealkylation sites (N-methyl/N-ethyl adjacent to an activating group) is 1. The van der Waals surface area contributed by atoms with E-state index in [0.717, 1.165) is 43.6 Å². The van der Waals surface area contributed by atoms with Gasteiger partial charge in [0, 0.05) is 50.9 Å². The Morgan fingerprint density at radius 1 is 1.05 bits per heavy atom. The molecule has 1 aromatic carbocycles. The first-order valence-corrected chi connectivity index (χ1v) is 6.78. The quantitative estimate of drug-likeness (QED) is 0.820. The number of hydrogen-bond acceptors (Lipinski definition) is 2. The van der Waals surface area contributed by atoms with Gasteiger partial charge in [0.05, 0.1) is 5.52 Å². The number of piperazine rings is 1. The molecule has 0 bridgehead atoms. The number of hydrogen-bond donors (Lipinski definition) is 0. The molecular weight excluding hydrogens is 241 g/mol. The molecule has 1 saturated heterocycles. The smallest absolute Gasteiger partial charge is 0.125 e. The number of fused-ring (bicyclic) bond motifs is 1. The van der Waals surface area contributed by atoms with Crippen molar-refractivity contribution in [3.63, 3.8) is 0 Å². The summed E-state index contributed by atoms with van der Waals surface area (Å²) < 4.78 is 15.4. The summed E-state index contributed by atoms with van der Waals surface area (Å²) in [6.45, 7) is 5.40. The van der Waals surface area contributed by atoms with Gasteiger partial charge in [0.1, 0.15) is 5.82 Å². The van der Waals surface area contributed by atoms with Crippen LogP contribution in [0.25, 0.3) is 10.9 Å². The maximum absolute atomic E-state index is 13.3. The second-order valence-corrected chi connectivity index (χ2v) is 5.48. The van der Waals surface area contributed by atoms with Crippen molar-refractivity contribution in [2.24, 2.45) is 7.05 Å². The Bertz CT molecular complexity index is 582. The van der Waals surface area contributed by atoms with Gasteiger partial charge in [-0.15, -0.1) is 0 Å². The first-order chi connectivity index (χ1) is 9.13. The second-order valence-electron chi connectivity index (χ2n) is 5.48. The summed E-state index contributed by atoms with van der Waals surface area (Å²) in [5.41, 5.74) is 2.23. The summed E-state index contributed by atoms with van der Waals surface area (Å²) in [5.74, 6) is -0.167. The van der Waals surface area contributed by atoms with E-state index in [1.165, 1.54) is 11.8 Å². The van der Waals surface area contributed by atoms with E-state index in [9.17, 15) is 4.39 Å². The van der Waals surface area contributed by atoms with Crippen LogP contribution in [0.2, 0.25) is 0 Å². The number of nitrogens with zero attached hydrogens (tertiary/aromatic N) is 3. The minimum Gasteiger partial charge on any atom is -0.346 e. The molecule has 0 atom stereocenters. The summed E-state index contributed by atoms with van der Waals surface area (Å²) >= 11 is 0. The number of benzene rings is 1. The van der Waals surface area contributed by atoms with Gasteiger partial charge in [-0.2, -0.15) is 0 Å². The van der Waals surface area contributed by atoms with Crippen LogP contribution in [0.5, 0.6) is 0 Å². The standard InChI is InChI=1S/C15H20FN3/c1-17-5-7-19(8-6-17)11-14-9-12-3-4-13(16)10-15(12)18(14)2/h3-4,9-10H,5-8,11H2,1-2H3. The minimum atomic E-state index is -0.167. The lowest BCUT2D eigenvalue weighted by Crippen LogP contribution is -2.44. The molecular formula is C15H20FN3. The van der Waals surface area contributed by atoms with E-state index in [0.29, 0.717) is 0 Å². The molecule has 4 heteroatoms. The van der Waals surface area contributed by atoms with Crippen molar-refractivity contribution in [1.29, 1.82) is 0 Å². The van der Waals surface area contributed by atoms with Crippen molar-refractivity contribution < 1.29 is 4.39 Å². The Hall–Kier alpha value is -1.39. The van der Waals surface area contributed by atoms with Crippen molar-refractivity contribution in [3.8, 4) is 0 Å². The van der Waals surface area contributed by atoms with Gasteiger partial charge in [-0.25, -0.2) is 4.39 Å². The lowest BCUT2D eigenvalue weighted by atomic mass is 10.2.